The number of benzene rings is 2. The summed E-state index contributed by atoms with van der Waals surface area (Å²) in [5.74, 6) is -2.96. The summed E-state index contributed by atoms with van der Waals surface area (Å²) in [5.41, 5.74) is -4.07. The van der Waals surface area contributed by atoms with Crippen molar-refractivity contribution in [3.05, 3.63) is 71.8 Å². The van der Waals surface area contributed by atoms with E-state index in [9.17, 15) is 22.8 Å². The molecule has 2 rings (SSSR count). The van der Waals surface area contributed by atoms with Crippen LogP contribution in [0.25, 0.3) is 0 Å². The molecule has 2 aromatic carbocycles. The maximum absolute atomic E-state index is 14.2. The van der Waals surface area contributed by atoms with Crippen molar-refractivity contribution in [3.8, 4) is 0 Å². The van der Waals surface area contributed by atoms with Gasteiger partial charge in [0.2, 0.25) is 5.41 Å². The Bertz CT molecular complexity index is 751. The first kappa shape index (κ1) is 22.5. The van der Waals surface area contributed by atoms with Gasteiger partial charge >= 0.3 is 21.3 Å². The van der Waals surface area contributed by atoms with E-state index in [2.05, 4.69) is 0 Å². The number of ether oxygens (including phenoxy) is 1. The Kier molecular flexibility index (Phi) is 8.32. The highest BCUT2D eigenvalue weighted by Crippen LogP contribution is 2.44. The molecule has 0 N–H and O–H groups in total. The SMILES string of the molecule is CCCOC(=O)C(C(=O)c1ccccc1)(c1ccccc1)C(F)(F)F.O=[PH2+]. The van der Waals surface area contributed by atoms with Crippen LogP contribution in [0.15, 0.2) is 60.7 Å². The minimum absolute atomic E-state index is 0.203. The summed E-state index contributed by atoms with van der Waals surface area (Å²) in [7, 11) is 1.17. The van der Waals surface area contributed by atoms with Crippen LogP contribution >= 0.6 is 9.12 Å². The molecule has 0 fully saturated rings. The van der Waals surface area contributed by atoms with E-state index in [0.717, 1.165) is 12.1 Å². The molecular formula is C19H19F3O4P+. The molecule has 0 aliphatic rings. The summed E-state index contributed by atoms with van der Waals surface area (Å²) in [6.45, 7) is 1.45. The van der Waals surface area contributed by atoms with Crippen molar-refractivity contribution in [2.75, 3.05) is 6.61 Å². The van der Waals surface area contributed by atoms with Crippen molar-refractivity contribution in [3.63, 3.8) is 0 Å². The van der Waals surface area contributed by atoms with Gasteiger partial charge in [-0.2, -0.15) is 13.2 Å². The van der Waals surface area contributed by atoms with Crippen molar-refractivity contribution in [2.45, 2.75) is 24.9 Å². The topological polar surface area (TPSA) is 60.4 Å². The third kappa shape index (κ3) is 4.61. The molecule has 0 aliphatic heterocycles. The maximum atomic E-state index is 14.2. The second-order valence-electron chi connectivity index (χ2n) is 5.44. The Morgan fingerprint density at radius 3 is 1.85 bits per heavy atom. The van der Waals surface area contributed by atoms with Crippen molar-refractivity contribution in [2.24, 2.45) is 0 Å². The minimum atomic E-state index is -5.16. The standard InChI is InChI=1S/C19H17F3O3.H2OP/c1-2-13-25-17(24)18(19(20,21)22,15-11-7-4-8-12-15)16(23)14-9-5-3-6-10-14;1-2/h3-12H,2,13H2,1H3;2H2/q;+1. The molecule has 0 saturated carbocycles. The van der Waals surface area contributed by atoms with Gasteiger partial charge in [-0.1, -0.05) is 72.2 Å². The van der Waals surface area contributed by atoms with E-state index in [-0.39, 0.29) is 12.2 Å². The highest BCUT2D eigenvalue weighted by Gasteiger charge is 2.67. The van der Waals surface area contributed by atoms with Crippen LogP contribution in [0.2, 0.25) is 0 Å². The zero-order valence-corrected chi connectivity index (χ0v) is 15.7. The molecule has 2 atom stereocenters. The highest BCUT2D eigenvalue weighted by molar-refractivity contribution is 7.00. The molecule has 0 heterocycles. The largest absolute Gasteiger partial charge is 0.464 e. The molecule has 0 saturated heterocycles. The Balaban J connectivity index is 0.00000176. The average Bonchev–Trinajstić information content (AvgIpc) is 2.68. The first-order valence-electron chi connectivity index (χ1n) is 7.98. The molecule has 0 amide bonds. The van der Waals surface area contributed by atoms with Gasteiger partial charge in [0.1, 0.15) is 0 Å². The molecule has 2 unspecified atom stereocenters. The summed E-state index contributed by atoms with van der Waals surface area (Å²) in [4.78, 5) is 25.4. The van der Waals surface area contributed by atoms with Crippen LogP contribution in [-0.4, -0.2) is 24.5 Å². The fraction of sp³-hybridized carbons (Fsp3) is 0.263. The summed E-state index contributed by atoms with van der Waals surface area (Å²) in [5, 5.41) is 0. The van der Waals surface area contributed by atoms with Gasteiger partial charge in [-0.15, -0.1) is 0 Å². The highest BCUT2D eigenvalue weighted by atomic mass is 31.0. The fourth-order valence-corrected chi connectivity index (χ4v) is 2.55. The molecule has 0 spiro atoms. The van der Waals surface area contributed by atoms with Gasteiger partial charge in [0.05, 0.1) is 6.61 Å². The zero-order valence-electron chi connectivity index (χ0n) is 14.5. The van der Waals surface area contributed by atoms with E-state index < -0.39 is 28.9 Å². The molecule has 0 bridgehead atoms. The molecule has 2 aromatic rings. The maximum Gasteiger partial charge on any atom is 0.416 e. The third-order valence-corrected chi connectivity index (χ3v) is 3.75. The molecule has 0 radical (unpaired) electrons. The molecule has 144 valence electrons. The van der Waals surface area contributed by atoms with Gasteiger partial charge in [0, 0.05) is 5.56 Å². The number of hydrogen-bond acceptors (Lipinski definition) is 4. The lowest BCUT2D eigenvalue weighted by Gasteiger charge is -2.32. The lowest BCUT2D eigenvalue weighted by atomic mass is 9.73. The Morgan fingerprint density at radius 1 is 0.926 bits per heavy atom. The number of alkyl halides is 3. The van der Waals surface area contributed by atoms with Gasteiger partial charge < -0.3 is 4.74 Å². The fourth-order valence-electron chi connectivity index (χ4n) is 2.55. The van der Waals surface area contributed by atoms with Crippen molar-refractivity contribution in [1.82, 2.24) is 0 Å². The van der Waals surface area contributed by atoms with Crippen LogP contribution in [0, 0.1) is 0 Å². The Morgan fingerprint density at radius 2 is 1.41 bits per heavy atom. The lowest BCUT2D eigenvalue weighted by molar-refractivity contribution is -0.197. The summed E-state index contributed by atoms with van der Waals surface area (Å²) < 4.78 is 55.4. The van der Waals surface area contributed by atoms with Crippen LogP contribution in [0.1, 0.15) is 29.3 Å². The van der Waals surface area contributed by atoms with E-state index in [1.54, 1.807) is 13.0 Å². The predicted octanol–water partition coefficient (Wildman–Crippen LogP) is 4.53. The number of hydrogen-bond donors (Lipinski definition) is 0. The molecule has 0 aromatic heterocycles. The number of esters is 1. The minimum Gasteiger partial charge on any atom is -0.464 e. The average molecular weight is 399 g/mol. The van der Waals surface area contributed by atoms with E-state index in [0.29, 0.717) is 6.42 Å². The normalized spacial score (nSPS) is 12.9. The molecule has 8 heteroatoms. The molecule has 4 nitrogen and oxygen atoms in total. The Labute approximate surface area is 157 Å². The lowest BCUT2D eigenvalue weighted by Crippen LogP contribution is -2.56. The number of halogens is 3. The second-order valence-corrected chi connectivity index (χ2v) is 5.44. The van der Waals surface area contributed by atoms with Crippen LogP contribution < -0.4 is 0 Å². The van der Waals surface area contributed by atoms with Crippen molar-refractivity contribution < 1.29 is 32.1 Å². The molecule has 0 aliphatic carbocycles. The quantitative estimate of drug-likeness (QED) is 0.310. The Hall–Kier alpha value is -2.53. The van der Waals surface area contributed by atoms with Crippen LogP contribution in [0.4, 0.5) is 13.2 Å². The molecular weight excluding hydrogens is 380 g/mol. The van der Waals surface area contributed by atoms with Crippen LogP contribution in [0.5, 0.6) is 0 Å². The molecule has 27 heavy (non-hydrogen) atoms. The number of carbonyl (C=O) groups is 2. The van der Waals surface area contributed by atoms with Crippen molar-refractivity contribution >= 4 is 20.9 Å². The predicted molar refractivity (Wildman–Crippen MR) is 96.6 cm³/mol. The van der Waals surface area contributed by atoms with E-state index in [1.807, 2.05) is 0 Å². The van der Waals surface area contributed by atoms with Gasteiger partial charge in [-0.25, -0.2) is 0 Å². The zero-order chi connectivity index (χ0) is 20.5. The summed E-state index contributed by atoms with van der Waals surface area (Å²) in [6, 6.07) is 13.4. The second kappa shape index (κ2) is 9.97. The van der Waals surface area contributed by atoms with Crippen LogP contribution in [-0.2, 0) is 19.5 Å². The number of ketones is 1. The monoisotopic (exact) mass is 399 g/mol. The van der Waals surface area contributed by atoms with E-state index in [1.165, 1.54) is 51.6 Å². The van der Waals surface area contributed by atoms with Gasteiger partial charge in [0.15, 0.2) is 5.78 Å². The van der Waals surface area contributed by atoms with Crippen LogP contribution in [0.3, 0.4) is 0 Å². The number of rotatable bonds is 6. The van der Waals surface area contributed by atoms with E-state index in [4.69, 9.17) is 9.30 Å². The summed E-state index contributed by atoms with van der Waals surface area (Å²) >= 11 is 0. The third-order valence-electron chi connectivity index (χ3n) is 3.75. The first-order chi connectivity index (χ1) is 12.9. The van der Waals surface area contributed by atoms with Gasteiger partial charge in [-0.3, -0.25) is 9.59 Å². The number of Topliss-reactive ketones (excluding diaryl/α,β-unsaturated/α-hetero) is 1. The number of carbonyl (C=O) groups excluding carboxylic acids is 2. The van der Waals surface area contributed by atoms with Crippen molar-refractivity contribution in [1.29, 1.82) is 0 Å². The van der Waals surface area contributed by atoms with E-state index >= 15 is 0 Å². The van der Waals surface area contributed by atoms with Gasteiger partial charge in [-0.05, 0) is 12.0 Å². The first-order valence-corrected chi connectivity index (χ1v) is 8.45. The van der Waals surface area contributed by atoms with Gasteiger partial charge in [0.25, 0.3) is 0 Å². The summed E-state index contributed by atoms with van der Waals surface area (Å²) in [6.07, 6.45) is -4.82. The smallest absolute Gasteiger partial charge is 0.416 e.